The molecule has 3 rings (SSSR count). The van der Waals surface area contributed by atoms with Crippen molar-refractivity contribution in [3.8, 4) is 11.8 Å². The van der Waals surface area contributed by atoms with Crippen molar-refractivity contribution in [2.75, 3.05) is 5.32 Å². The van der Waals surface area contributed by atoms with E-state index in [4.69, 9.17) is 0 Å². The molecule has 0 bridgehead atoms. The van der Waals surface area contributed by atoms with E-state index in [2.05, 4.69) is 26.7 Å². The second-order valence-electron chi connectivity index (χ2n) is 5.22. The summed E-state index contributed by atoms with van der Waals surface area (Å²) in [5.41, 5.74) is 4.27. The second-order valence-corrected chi connectivity index (χ2v) is 5.22. The molecule has 2 heterocycles. The van der Waals surface area contributed by atoms with Crippen molar-refractivity contribution in [3.05, 3.63) is 65.1 Å². The first kappa shape index (κ1) is 14.7. The Kier molecular flexibility index (Phi) is 4.02. The highest BCUT2D eigenvalue weighted by molar-refractivity contribution is 5.56. The Hall–Kier alpha value is -3.20. The fourth-order valence-corrected chi connectivity index (χ4v) is 2.24. The lowest BCUT2D eigenvalue weighted by molar-refractivity contribution is 0.879. The molecular weight excluding hydrogens is 288 g/mol. The van der Waals surface area contributed by atoms with Crippen LogP contribution in [0.25, 0.3) is 5.69 Å². The molecule has 2 aromatic heterocycles. The minimum absolute atomic E-state index is 0.520. The summed E-state index contributed by atoms with van der Waals surface area (Å²) in [5.74, 6) is 0.520. The van der Waals surface area contributed by atoms with Gasteiger partial charge in [-0.25, -0.2) is 4.68 Å². The molecule has 0 saturated heterocycles. The van der Waals surface area contributed by atoms with Crippen molar-refractivity contribution in [2.24, 2.45) is 0 Å². The topological polar surface area (TPSA) is 79.4 Å². The lowest BCUT2D eigenvalue weighted by atomic mass is 10.1. The summed E-state index contributed by atoms with van der Waals surface area (Å²) in [4.78, 5) is 0. The summed E-state index contributed by atoms with van der Waals surface area (Å²) >= 11 is 0. The van der Waals surface area contributed by atoms with Crippen LogP contribution in [0.4, 0.5) is 5.82 Å². The molecular formula is C17H16N6. The van der Waals surface area contributed by atoms with Gasteiger partial charge in [-0.05, 0) is 43.2 Å². The van der Waals surface area contributed by atoms with Gasteiger partial charge in [0.05, 0.1) is 11.4 Å². The van der Waals surface area contributed by atoms with Crippen LogP contribution < -0.4 is 5.32 Å². The van der Waals surface area contributed by atoms with Crippen molar-refractivity contribution in [1.29, 1.82) is 5.26 Å². The summed E-state index contributed by atoms with van der Waals surface area (Å²) < 4.78 is 1.81. The molecule has 0 amide bonds. The third-order valence-electron chi connectivity index (χ3n) is 3.73. The number of anilines is 1. The predicted octanol–water partition coefficient (Wildman–Crippen LogP) is 2.76. The van der Waals surface area contributed by atoms with Gasteiger partial charge in [0.2, 0.25) is 0 Å². The van der Waals surface area contributed by atoms with E-state index in [9.17, 15) is 5.26 Å². The monoisotopic (exact) mass is 304 g/mol. The van der Waals surface area contributed by atoms with Gasteiger partial charge >= 0.3 is 0 Å². The Labute approximate surface area is 134 Å². The van der Waals surface area contributed by atoms with E-state index in [1.165, 1.54) is 0 Å². The van der Waals surface area contributed by atoms with Crippen molar-refractivity contribution in [1.82, 2.24) is 20.0 Å². The van der Waals surface area contributed by atoms with Gasteiger partial charge in [0.25, 0.3) is 0 Å². The lowest BCUT2D eigenvalue weighted by Gasteiger charge is -2.10. The van der Waals surface area contributed by atoms with Crippen molar-refractivity contribution >= 4 is 5.82 Å². The smallest absolute Gasteiger partial charge is 0.167 e. The molecule has 0 aliphatic heterocycles. The molecule has 0 atom stereocenters. The number of aryl methyl sites for hydroxylation is 1. The van der Waals surface area contributed by atoms with Gasteiger partial charge in [-0.3, -0.25) is 0 Å². The molecule has 0 unspecified atom stereocenters. The van der Waals surface area contributed by atoms with Crippen LogP contribution in [-0.2, 0) is 6.54 Å². The van der Waals surface area contributed by atoms with Crippen LogP contribution in [-0.4, -0.2) is 20.0 Å². The van der Waals surface area contributed by atoms with Crippen molar-refractivity contribution in [3.63, 3.8) is 0 Å². The van der Waals surface area contributed by atoms with Gasteiger partial charge in [0, 0.05) is 18.9 Å². The first-order chi connectivity index (χ1) is 11.2. The molecule has 1 aromatic carbocycles. The maximum absolute atomic E-state index is 9.30. The van der Waals surface area contributed by atoms with E-state index in [1.807, 2.05) is 50.4 Å². The normalized spacial score (nSPS) is 10.3. The molecule has 0 radical (unpaired) electrons. The van der Waals surface area contributed by atoms with E-state index in [-0.39, 0.29) is 0 Å². The fourth-order valence-electron chi connectivity index (χ4n) is 2.24. The fraction of sp³-hybridized carbons (Fsp3) is 0.176. The number of rotatable bonds is 4. The van der Waals surface area contributed by atoms with Gasteiger partial charge in [-0.2, -0.15) is 15.5 Å². The second kappa shape index (κ2) is 6.28. The van der Waals surface area contributed by atoms with E-state index < -0.39 is 0 Å². The molecule has 0 fully saturated rings. The van der Waals surface area contributed by atoms with Crippen LogP contribution in [0.3, 0.4) is 0 Å². The summed E-state index contributed by atoms with van der Waals surface area (Å²) in [5, 5.41) is 24.8. The quantitative estimate of drug-likeness (QED) is 0.801. The van der Waals surface area contributed by atoms with Gasteiger partial charge in [-0.15, -0.1) is 5.10 Å². The molecule has 3 aromatic rings. The van der Waals surface area contributed by atoms with E-state index in [0.29, 0.717) is 17.9 Å². The molecule has 6 nitrogen and oxygen atoms in total. The summed E-state index contributed by atoms with van der Waals surface area (Å²) in [7, 11) is 0. The lowest BCUT2D eigenvalue weighted by Crippen LogP contribution is -2.07. The molecule has 0 spiro atoms. The largest absolute Gasteiger partial charge is 0.363 e. The number of nitrogens with zero attached hydrogens (tertiary/aromatic N) is 5. The minimum Gasteiger partial charge on any atom is -0.363 e. The Morgan fingerprint density at radius 3 is 2.61 bits per heavy atom. The van der Waals surface area contributed by atoms with Crippen molar-refractivity contribution in [2.45, 2.75) is 20.4 Å². The number of hydrogen-bond acceptors (Lipinski definition) is 5. The third kappa shape index (κ3) is 3.04. The SMILES string of the molecule is Cc1nnc(NCc2ccc(-n3cccn3)cc2)c(C#N)c1C. The zero-order valence-corrected chi connectivity index (χ0v) is 13.0. The van der Waals surface area contributed by atoms with Crippen LogP contribution in [0.1, 0.15) is 22.4 Å². The molecule has 114 valence electrons. The van der Waals surface area contributed by atoms with E-state index in [1.54, 1.807) is 10.9 Å². The average Bonchev–Trinajstić information content (AvgIpc) is 3.11. The Balaban J connectivity index is 1.74. The van der Waals surface area contributed by atoms with Gasteiger partial charge in [-0.1, -0.05) is 12.1 Å². The third-order valence-corrected chi connectivity index (χ3v) is 3.73. The zero-order valence-electron chi connectivity index (χ0n) is 13.0. The Morgan fingerprint density at radius 1 is 1.17 bits per heavy atom. The van der Waals surface area contributed by atoms with E-state index >= 15 is 0 Å². The molecule has 0 saturated carbocycles. The number of benzene rings is 1. The molecule has 6 heteroatoms. The van der Waals surface area contributed by atoms with Gasteiger partial charge < -0.3 is 5.32 Å². The number of nitrogens with one attached hydrogen (secondary N) is 1. The maximum atomic E-state index is 9.30. The van der Waals surface area contributed by atoms with Crippen LogP contribution >= 0.6 is 0 Å². The number of nitriles is 1. The Morgan fingerprint density at radius 2 is 1.96 bits per heavy atom. The number of aromatic nitrogens is 4. The molecule has 23 heavy (non-hydrogen) atoms. The van der Waals surface area contributed by atoms with Crippen molar-refractivity contribution < 1.29 is 0 Å². The first-order valence-corrected chi connectivity index (χ1v) is 7.26. The van der Waals surface area contributed by atoms with Gasteiger partial charge in [0.15, 0.2) is 5.82 Å². The van der Waals surface area contributed by atoms with Gasteiger partial charge in [0.1, 0.15) is 11.6 Å². The van der Waals surface area contributed by atoms with E-state index in [0.717, 1.165) is 22.5 Å². The summed E-state index contributed by atoms with van der Waals surface area (Å²) in [6, 6.07) is 12.1. The molecule has 0 aliphatic rings. The highest BCUT2D eigenvalue weighted by Gasteiger charge is 2.10. The van der Waals surface area contributed by atoms with Crippen LogP contribution in [0, 0.1) is 25.2 Å². The zero-order chi connectivity index (χ0) is 16.2. The first-order valence-electron chi connectivity index (χ1n) is 7.26. The van der Waals surface area contributed by atoms with Crippen LogP contribution in [0.15, 0.2) is 42.7 Å². The summed E-state index contributed by atoms with van der Waals surface area (Å²) in [6.45, 7) is 4.30. The molecule has 1 N–H and O–H groups in total. The average molecular weight is 304 g/mol. The predicted molar refractivity (Wildman–Crippen MR) is 87.1 cm³/mol. The highest BCUT2D eigenvalue weighted by Crippen LogP contribution is 2.18. The molecule has 0 aliphatic carbocycles. The minimum atomic E-state index is 0.520. The van der Waals surface area contributed by atoms with Crippen LogP contribution in [0.5, 0.6) is 0 Å². The maximum Gasteiger partial charge on any atom is 0.167 e. The number of hydrogen-bond donors (Lipinski definition) is 1. The van der Waals surface area contributed by atoms with Crippen LogP contribution in [0.2, 0.25) is 0 Å². The highest BCUT2D eigenvalue weighted by atomic mass is 15.3. The standard InChI is InChI=1S/C17H16N6/c1-12-13(2)21-22-17(16(12)10-18)19-11-14-4-6-15(7-5-14)23-9-3-8-20-23/h3-9H,11H2,1-2H3,(H,19,22). The Bertz CT molecular complexity index is 844. The summed E-state index contributed by atoms with van der Waals surface area (Å²) in [6.07, 6.45) is 3.65.